The lowest BCUT2D eigenvalue weighted by atomic mass is 10.1. The quantitative estimate of drug-likeness (QED) is 0.618. The number of carbonyl (C=O) groups is 2. The number of amides is 2. The van der Waals surface area contributed by atoms with E-state index >= 15 is 0 Å². The number of hydrogen-bond acceptors (Lipinski definition) is 3. The van der Waals surface area contributed by atoms with Crippen LogP contribution in [0.4, 0.5) is 0 Å². The van der Waals surface area contributed by atoms with Crippen molar-refractivity contribution in [2.75, 3.05) is 26.7 Å². The van der Waals surface area contributed by atoms with Gasteiger partial charge in [-0.2, -0.15) is 0 Å². The van der Waals surface area contributed by atoms with Crippen molar-refractivity contribution in [2.45, 2.75) is 26.3 Å². The fraction of sp³-hybridized carbons (Fsp3) is 0.500. The van der Waals surface area contributed by atoms with E-state index in [-0.39, 0.29) is 17.9 Å². The maximum Gasteiger partial charge on any atom is 0.235 e. The number of hydrogen-bond donors (Lipinski definition) is 1. The maximum absolute atomic E-state index is 11.6. The van der Waals surface area contributed by atoms with Crippen LogP contribution >= 0.6 is 0 Å². The molecule has 0 radical (unpaired) electrons. The fourth-order valence-corrected chi connectivity index (χ4v) is 1.84. The molecule has 0 bridgehead atoms. The van der Waals surface area contributed by atoms with Gasteiger partial charge in [0.25, 0.3) is 0 Å². The van der Waals surface area contributed by atoms with Gasteiger partial charge in [-0.15, -0.1) is 0 Å². The van der Waals surface area contributed by atoms with Crippen molar-refractivity contribution in [2.24, 2.45) is 5.73 Å². The number of nitrogens with two attached hydrogens (primary N) is 1. The molecule has 5 heteroatoms. The highest BCUT2D eigenvalue weighted by Crippen LogP contribution is 2.06. The highest BCUT2D eigenvalue weighted by atomic mass is 16.2. The Hall–Kier alpha value is -1.88. The summed E-state index contributed by atoms with van der Waals surface area (Å²) in [6, 6.07) is -0.358. The molecule has 5 nitrogen and oxygen atoms in total. The van der Waals surface area contributed by atoms with Crippen molar-refractivity contribution in [3.8, 4) is 0 Å². The molecular formula is C16H27N3O2. The Morgan fingerprint density at radius 3 is 2.38 bits per heavy atom. The number of primary amides is 1. The van der Waals surface area contributed by atoms with E-state index in [4.69, 9.17) is 5.73 Å². The van der Waals surface area contributed by atoms with Gasteiger partial charge in [-0.05, 0) is 13.0 Å². The molecule has 1 atom stereocenters. The van der Waals surface area contributed by atoms with E-state index in [2.05, 4.69) is 6.58 Å². The molecule has 0 aromatic heterocycles. The van der Waals surface area contributed by atoms with E-state index < -0.39 is 0 Å². The van der Waals surface area contributed by atoms with Crippen LogP contribution in [0.1, 0.15) is 20.3 Å². The molecule has 1 unspecified atom stereocenters. The van der Waals surface area contributed by atoms with Crippen LogP contribution in [-0.2, 0) is 9.59 Å². The van der Waals surface area contributed by atoms with Crippen molar-refractivity contribution < 1.29 is 9.59 Å². The molecule has 0 rings (SSSR count). The molecule has 0 heterocycles. The Morgan fingerprint density at radius 2 is 1.90 bits per heavy atom. The van der Waals surface area contributed by atoms with E-state index in [0.29, 0.717) is 26.1 Å². The lowest BCUT2D eigenvalue weighted by Gasteiger charge is -2.29. The van der Waals surface area contributed by atoms with E-state index in [1.165, 1.54) is 6.92 Å². The SMILES string of the molecule is C=C/C=C\C=C/CC(C(N)=O)N(CC)CCN(C)C(C)=O. The second kappa shape index (κ2) is 10.9. The van der Waals surface area contributed by atoms with Gasteiger partial charge < -0.3 is 10.6 Å². The van der Waals surface area contributed by atoms with Gasteiger partial charge in [0.05, 0.1) is 6.04 Å². The van der Waals surface area contributed by atoms with Crippen LogP contribution in [-0.4, -0.2) is 54.3 Å². The first-order valence-electron chi connectivity index (χ1n) is 7.13. The average molecular weight is 293 g/mol. The molecule has 0 aliphatic rings. The first-order chi connectivity index (χ1) is 9.93. The lowest BCUT2D eigenvalue weighted by molar-refractivity contribution is -0.127. The molecule has 0 aliphatic heterocycles. The van der Waals surface area contributed by atoms with Crippen LogP contribution in [0.3, 0.4) is 0 Å². The Labute approximate surface area is 127 Å². The summed E-state index contributed by atoms with van der Waals surface area (Å²) in [6.07, 6.45) is 9.68. The zero-order valence-electron chi connectivity index (χ0n) is 13.3. The van der Waals surface area contributed by atoms with Gasteiger partial charge in [-0.1, -0.05) is 43.9 Å². The standard InChI is InChI=1S/C16H27N3O2/c1-5-7-8-9-10-11-15(16(17)21)19(6-2)13-12-18(4)14(3)20/h5,7-10,15H,1,6,11-13H2,2-4H3,(H2,17,21)/b8-7-,10-9-. The van der Waals surface area contributed by atoms with Gasteiger partial charge in [0.2, 0.25) is 11.8 Å². The highest BCUT2D eigenvalue weighted by Gasteiger charge is 2.21. The molecule has 2 N–H and O–H groups in total. The average Bonchev–Trinajstić information content (AvgIpc) is 2.44. The van der Waals surface area contributed by atoms with Gasteiger partial charge in [-0.3, -0.25) is 14.5 Å². The second-order valence-electron chi connectivity index (χ2n) is 4.77. The predicted molar refractivity (Wildman–Crippen MR) is 86.6 cm³/mol. The van der Waals surface area contributed by atoms with Crippen molar-refractivity contribution in [1.82, 2.24) is 9.80 Å². The molecule has 118 valence electrons. The van der Waals surface area contributed by atoms with Crippen LogP contribution in [0.2, 0.25) is 0 Å². The van der Waals surface area contributed by atoms with Crippen LogP contribution in [0.25, 0.3) is 0 Å². The minimum absolute atomic E-state index is 0.0103. The molecule has 2 amide bonds. The molecule has 0 saturated carbocycles. The number of rotatable bonds is 10. The van der Waals surface area contributed by atoms with Crippen molar-refractivity contribution in [3.05, 3.63) is 37.0 Å². The largest absolute Gasteiger partial charge is 0.368 e. The zero-order valence-corrected chi connectivity index (χ0v) is 13.3. The van der Waals surface area contributed by atoms with Crippen molar-refractivity contribution in [3.63, 3.8) is 0 Å². The van der Waals surface area contributed by atoms with Crippen molar-refractivity contribution >= 4 is 11.8 Å². The van der Waals surface area contributed by atoms with E-state index in [0.717, 1.165) is 0 Å². The minimum Gasteiger partial charge on any atom is -0.368 e. The summed E-state index contributed by atoms with van der Waals surface area (Å²) in [5.41, 5.74) is 5.49. The Bertz CT molecular complexity index is 402. The summed E-state index contributed by atoms with van der Waals surface area (Å²) in [7, 11) is 1.75. The van der Waals surface area contributed by atoms with Gasteiger partial charge in [-0.25, -0.2) is 0 Å². The van der Waals surface area contributed by atoms with Gasteiger partial charge in [0, 0.05) is 27.1 Å². The van der Waals surface area contributed by atoms with Crippen molar-refractivity contribution in [1.29, 1.82) is 0 Å². The maximum atomic E-state index is 11.6. The molecule has 21 heavy (non-hydrogen) atoms. The van der Waals surface area contributed by atoms with E-state index in [1.54, 1.807) is 18.0 Å². The predicted octanol–water partition coefficient (Wildman–Crippen LogP) is 1.33. The summed E-state index contributed by atoms with van der Waals surface area (Å²) < 4.78 is 0. The van der Waals surface area contributed by atoms with Crippen LogP contribution in [0.15, 0.2) is 37.0 Å². The highest BCUT2D eigenvalue weighted by molar-refractivity contribution is 5.80. The van der Waals surface area contributed by atoms with Gasteiger partial charge >= 0.3 is 0 Å². The third-order valence-corrected chi connectivity index (χ3v) is 3.29. The first kappa shape index (κ1) is 19.1. The smallest absolute Gasteiger partial charge is 0.235 e. The Morgan fingerprint density at radius 1 is 1.24 bits per heavy atom. The topological polar surface area (TPSA) is 66.6 Å². The molecular weight excluding hydrogens is 266 g/mol. The van der Waals surface area contributed by atoms with E-state index in [9.17, 15) is 9.59 Å². The molecule has 0 aromatic carbocycles. The summed E-state index contributed by atoms with van der Waals surface area (Å²) >= 11 is 0. The van der Waals surface area contributed by atoms with Gasteiger partial charge in [0.15, 0.2) is 0 Å². The zero-order chi connectivity index (χ0) is 16.3. The normalized spacial score (nSPS) is 13.0. The van der Waals surface area contributed by atoms with E-state index in [1.807, 2.05) is 36.1 Å². The van der Waals surface area contributed by atoms with Gasteiger partial charge in [0.1, 0.15) is 0 Å². The first-order valence-corrected chi connectivity index (χ1v) is 7.13. The minimum atomic E-state index is -0.358. The second-order valence-corrected chi connectivity index (χ2v) is 4.77. The summed E-state index contributed by atoms with van der Waals surface area (Å²) in [5.74, 6) is -0.337. The molecule has 0 fully saturated rings. The van der Waals surface area contributed by atoms with Crippen LogP contribution in [0, 0.1) is 0 Å². The number of allylic oxidation sites excluding steroid dienone is 4. The number of likely N-dealkylation sites (N-methyl/N-ethyl adjacent to an activating group) is 2. The van der Waals surface area contributed by atoms with Crippen LogP contribution in [0.5, 0.6) is 0 Å². The summed E-state index contributed by atoms with van der Waals surface area (Å²) in [4.78, 5) is 26.5. The third kappa shape index (κ3) is 8.09. The molecule has 0 aromatic rings. The number of nitrogens with zero attached hydrogens (tertiary/aromatic N) is 2. The fourth-order valence-electron chi connectivity index (χ4n) is 1.84. The summed E-state index contributed by atoms with van der Waals surface area (Å²) in [5, 5.41) is 0. The Kier molecular flexibility index (Phi) is 9.88. The summed E-state index contributed by atoms with van der Waals surface area (Å²) in [6.45, 7) is 8.99. The van der Waals surface area contributed by atoms with Crippen LogP contribution < -0.4 is 5.73 Å². The monoisotopic (exact) mass is 293 g/mol. The molecule has 0 aliphatic carbocycles. The number of carbonyl (C=O) groups excluding carboxylic acids is 2. The molecule has 0 spiro atoms. The third-order valence-electron chi connectivity index (χ3n) is 3.29. The Balaban J connectivity index is 4.61. The lowest BCUT2D eigenvalue weighted by Crippen LogP contribution is -2.47. The molecule has 0 saturated heterocycles.